The average Bonchev–Trinajstić information content (AvgIpc) is 2.95. The molecule has 1 heterocycles. The van der Waals surface area contributed by atoms with Gasteiger partial charge < -0.3 is 14.4 Å². The molecule has 0 aromatic heterocycles. The topological polar surface area (TPSA) is 51.1 Å². The van der Waals surface area contributed by atoms with Crippen LogP contribution in [-0.4, -0.2) is 33.1 Å². The van der Waals surface area contributed by atoms with Gasteiger partial charge in [-0.25, -0.2) is 9.79 Å². The predicted molar refractivity (Wildman–Crippen MR) is 99.0 cm³/mol. The Morgan fingerprint density at radius 2 is 1.76 bits per heavy atom. The Morgan fingerprint density at radius 3 is 2.36 bits per heavy atom. The zero-order valence-electron chi connectivity index (χ0n) is 14.5. The lowest BCUT2D eigenvalue weighted by atomic mass is 10.1. The standard InChI is InChI=1S/C20H20N2O3/c1-22(2)16-8-4-14(5-9-16)12-18-20(23)25-19(21-18)13-15-6-10-17(24-3)11-7-15/h4-12H,13H2,1-3H3/b18-12+. The number of benzene rings is 2. The Hall–Kier alpha value is -3.08. The van der Waals surface area contributed by atoms with Gasteiger partial charge in [0.15, 0.2) is 5.70 Å². The summed E-state index contributed by atoms with van der Waals surface area (Å²) in [6.07, 6.45) is 2.20. The fourth-order valence-corrected chi connectivity index (χ4v) is 2.47. The number of esters is 1. The van der Waals surface area contributed by atoms with Crippen molar-refractivity contribution >= 4 is 23.6 Å². The van der Waals surface area contributed by atoms with Crippen LogP contribution in [0.2, 0.25) is 0 Å². The van der Waals surface area contributed by atoms with E-state index >= 15 is 0 Å². The first-order valence-electron chi connectivity index (χ1n) is 7.97. The number of hydrogen-bond acceptors (Lipinski definition) is 5. The Kier molecular flexibility index (Phi) is 4.84. The van der Waals surface area contributed by atoms with Crippen molar-refractivity contribution in [2.24, 2.45) is 4.99 Å². The van der Waals surface area contributed by atoms with Gasteiger partial charge in [0.1, 0.15) is 5.75 Å². The van der Waals surface area contributed by atoms with Crippen LogP contribution in [-0.2, 0) is 16.0 Å². The largest absolute Gasteiger partial charge is 0.497 e. The van der Waals surface area contributed by atoms with Crippen molar-refractivity contribution in [2.45, 2.75) is 6.42 Å². The highest BCUT2D eigenvalue weighted by molar-refractivity contribution is 6.07. The van der Waals surface area contributed by atoms with Crippen LogP contribution < -0.4 is 9.64 Å². The molecular formula is C20H20N2O3. The fraction of sp³-hybridized carbons (Fsp3) is 0.200. The summed E-state index contributed by atoms with van der Waals surface area (Å²) in [5, 5.41) is 0. The molecule has 2 aromatic carbocycles. The van der Waals surface area contributed by atoms with Gasteiger partial charge in [-0.15, -0.1) is 0 Å². The minimum atomic E-state index is -0.416. The van der Waals surface area contributed by atoms with E-state index in [4.69, 9.17) is 9.47 Å². The van der Waals surface area contributed by atoms with E-state index < -0.39 is 5.97 Å². The van der Waals surface area contributed by atoms with E-state index in [1.807, 2.05) is 67.5 Å². The van der Waals surface area contributed by atoms with Gasteiger partial charge >= 0.3 is 5.97 Å². The molecule has 0 saturated carbocycles. The molecule has 0 bridgehead atoms. The van der Waals surface area contributed by atoms with E-state index in [-0.39, 0.29) is 0 Å². The summed E-state index contributed by atoms with van der Waals surface area (Å²) in [4.78, 5) is 18.4. The molecule has 0 saturated heterocycles. The summed E-state index contributed by atoms with van der Waals surface area (Å²) in [6.45, 7) is 0. The summed E-state index contributed by atoms with van der Waals surface area (Å²) < 4.78 is 10.4. The van der Waals surface area contributed by atoms with Gasteiger partial charge in [-0.1, -0.05) is 24.3 Å². The molecule has 0 fully saturated rings. The third-order valence-corrected chi connectivity index (χ3v) is 3.89. The number of carbonyl (C=O) groups excluding carboxylic acids is 1. The first-order valence-corrected chi connectivity index (χ1v) is 7.97. The Bertz CT molecular complexity index is 819. The maximum atomic E-state index is 12.0. The van der Waals surface area contributed by atoms with Crippen LogP contribution in [0.5, 0.6) is 5.75 Å². The minimum absolute atomic E-state index is 0.320. The van der Waals surface area contributed by atoms with Gasteiger partial charge in [-0.05, 0) is 41.5 Å². The van der Waals surface area contributed by atoms with Gasteiger partial charge in [-0.3, -0.25) is 0 Å². The van der Waals surface area contributed by atoms with Crippen molar-refractivity contribution in [3.8, 4) is 5.75 Å². The first-order chi connectivity index (χ1) is 12.0. The maximum absolute atomic E-state index is 12.0. The first kappa shape index (κ1) is 16.8. The van der Waals surface area contributed by atoms with Crippen LogP contribution in [0, 0.1) is 0 Å². The van der Waals surface area contributed by atoms with E-state index in [0.717, 1.165) is 22.6 Å². The average molecular weight is 336 g/mol. The van der Waals surface area contributed by atoms with Crippen molar-refractivity contribution in [1.29, 1.82) is 0 Å². The SMILES string of the molecule is COc1ccc(CC2=N/C(=C/c3ccc(N(C)C)cc3)C(=O)O2)cc1. The lowest BCUT2D eigenvalue weighted by Gasteiger charge is -2.11. The highest BCUT2D eigenvalue weighted by atomic mass is 16.6. The number of carbonyl (C=O) groups is 1. The zero-order chi connectivity index (χ0) is 17.8. The van der Waals surface area contributed by atoms with Crippen molar-refractivity contribution in [3.63, 3.8) is 0 Å². The third kappa shape index (κ3) is 4.07. The van der Waals surface area contributed by atoms with Crippen LogP contribution in [0.1, 0.15) is 11.1 Å². The second-order valence-electron chi connectivity index (χ2n) is 5.94. The van der Waals surface area contributed by atoms with Crippen LogP contribution in [0.25, 0.3) is 6.08 Å². The molecule has 1 aliphatic rings. The Morgan fingerprint density at radius 1 is 1.08 bits per heavy atom. The number of ether oxygens (including phenoxy) is 2. The summed E-state index contributed by atoms with van der Waals surface area (Å²) >= 11 is 0. The summed E-state index contributed by atoms with van der Waals surface area (Å²) in [6, 6.07) is 15.5. The molecule has 128 valence electrons. The molecule has 0 N–H and O–H groups in total. The Labute approximate surface area is 147 Å². The van der Waals surface area contributed by atoms with E-state index in [1.165, 1.54) is 0 Å². The van der Waals surface area contributed by atoms with Gasteiger partial charge in [0.05, 0.1) is 7.11 Å². The molecule has 0 atom stereocenters. The lowest BCUT2D eigenvalue weighted by Crippen LogP contribution is -2.08. The van der Waals surface area contributed by atoms with Crippen molar-refractivity contribution in [3.05, 3.63) is 65.4 Å². The second-order valence-corrected chi connectivity index (χ2v) is 5.94. The van der Waals surface area contributed by atoms with Gasteiger partial charge in [-0.2, -0.15) is 0 Å². The quantitative estimate of drug-likeness (QED) is 0.621. The highest BCUT2D eigenvalue weighted by Gasteiger charge is 2.22. The number of rotatable bonds is 5. The minimum Gasteiger partial charge on any atom is -0.497 e. The van der Waals surface area contributed by atoms with Crippen LogP contribution in [0.4, 0.5) is 5.69 Å². The number of aliphatic imine (C=N–C) groups is 1. The molecule has 5 nitrogen and oxygen atoms in total. The van der Waals surface area contributed by atoms with E-state index in [1.54, 1.807) is 13.2 Å². The summed E-state index contributed by atoms with van der Waals surface area (Å²) in [5.74, 6) is 0.780. The molecule has 0 aliphatic carbocycles. The third-order valence-electron chi connectivity index (χ3n) is 3.89. The molecule has 0 spiro atoms. The number of anilines is 1. The lowest BCUT2D eigenvalue weighted by molar-refractivity contribution is -0.130. The zero-order valence-corrected chi connectivity index (χ0v) is 14.5. The van der Waals surface area contributed by atoms with Crippen LogP contribution in [0.3, 0.4) is 0 Å². The molecule has 1 aliphatic heterocycles. The van der Waals surface area contributed by atoms with Crippen molar-refractivity contribution < 1.29 is 14.3 Å². The molecule has 5 heteroatoms. The molecule has 25 heavy (non-hydrogen) atoms. The number of hydrogen-bond donors (Lipinski definition) is 0. The molecular weight excluding hydrogens is 316 g/mol. The predicted octanol–water partition coefficient (Wildman–Crippen LogP) is 3.30. The van der Waals surface area contributed by atoms with Crippen LogP contribution in [0.15, 0.2) is 59.2 Å². The number of methoxy groups -OCH3 is 1. The van der Waals surface area contributed by atoms with Gasteiger partial charge in [0, 0.05) is 26.2 Å². The number of nitrogens with zero attached hydrogens (tertiary/aromatic N) is 2. The molecule has 0 radical (unpaired) electrons. The highest BCUT2D eigenvalue weighted by Crippen LogP contribution is 2.20. The number of cyclic esters (lactones) is 1. The van der Waals surface area contributed by atoms with Crippen LogP contribution >= 0.6 is 0 Å². The molecule has 0 unspecified atom stereocenters. The Balaban J connectivity index is 1.74. The maximum Gasteiger partial charge on any atom is 0.363 e. The van der Waals surface area contributed by atoms with Crippen molar-refractivity contribution in [2.75, 3.05) is 26.1 Å². The normalized spacial score (nSPS) is 15.1. The summed E-state index contributed by atoms with van der Waals surface area (Å²) in [7, 11) is 5.59. The monoisotopic (exact) mass is 336 g/mol. The second kappa shape index (κ2) is 7.21. The van der Waals surface area contributed by atoms with Gasteiger partial charge in [0.25, 0.3) is 0 Å². The van der Waals surface area contributed by atoms with E-state index in [9.17, 15) is 4.79 Å². The molecule has 2 aromatic rings. The summed E-state index contributed by atoms with van der Waals surface area (Å²) in [5.41, 5.74) is 3.33. The van der Waals surface area contributed by atoms with Crippen molar-refractivity contribution in [1.82, 2.24) is 0 Å². The van der Waals surface area contributed by atoms with E-state index in [0.29, 0.717) is 18.0 Å². The molecule has 0 amide bonds. The fourth-order valence-electron chi connectivity index (χ4n) is 2.47. The van der Waals surface area contributed by atoms with Gasteiger partial charge in [0.2, 0.25) is 5.90 Å². The van der Waals surface area contributed by atoms with E-state index in [2.05, 4.69) is 4.99 Å². The smallest absolute Gasteiger partial charge is 0.363 e. The molecule has 3 rings (SSSR count).